The number of aliphatic carboxylic acids is 1. The van der Waals surface area contributed by atoms with Gasteiger partial charge in [-0.1, -0.05) is 27.2 Å². The zero-order valence-corrected chi connectivity index (χ0v) is 12.2. The maximum Gasteiger partial charge on any atom is 0.326 e. The van der Waals surface area contributed by atoms with E-state index >= 15 is 0 Å². The predicted molar refractivity (Wildman–Crippen MR) is 74.0 cm³/mol. The molecule has 5 heteroatoms. The molecule has 0 spiro atoms. The monoisotopic (exact) mass is 270 g/mol. The molecule has 0 saturated carbocycles. The highest BCUT2D eigenvalue weighted by atomic mass is 16.4. The highest BCUT2D eigenvalue weighted by Crippen LogP contribution is 2.20. The molecule has 0 unspecified atom stereocenters. The Morgan fingerprint density at radius 2 is 1.89 bits per heavy atom. The first-order valence-electron chi connectivity index (χ1n) is 7.22. The molecule has 1 heterocycles. The van der Waals surface area contributed by atoms with Crippen LogP contribution in [-0.2, 0) is 4.79 Å². The standard InChI is InChI=1S/C14H26N2O3/c1-4-11-5-7-16(8-6-11)14(19)15-12(13(17)18)9-10(2)3/h10-12H,4-9H2,1-3H3,(H,15,19)(H,17,18)/t12-/m0/s1. The molecule has 0 aromatic heterocycles. The van der Waals surface area contributed by atoms with Crippen molar-refractivity contribution in [3.63, 3.8) is 0 Å². The van der Waals surface area contributed by atoms with Crippen LogP contribution in [0.5, 0.6) is 0 Å². The minimum Gasteiger partial charge on any atom is -0.480 e. The van der Waals surface area contributed by atoms with Crippen LogP contribution in [0.3, 0.4) is 0 Å². The second-order valence-corrected chi connectivity index (χ2v) is 5.81. The lowest BCUT2D eigenvalue weighted by atomic mass is 9.95. The number of hydrogen-bond donors (Lipinski definition) is 2. The van der Waals surface area contributed by atoms with E-state index in [1.165, 1.54) is 0 Å². The Kier molecular flexibility index (Phi) is 6.12. The first-order chi connectivity index (χ1) is 8.93. The van der Waals surface area contributed by atoms with E-state index in [1.54, 1.807) is 4.90 Å². The number of amides is 2. The van der Waals surface area contributed by atoms with Crippen molar-refractivity contribution in [3.8, 4) is 0 Å². The topological polar surface area (TPSA) is 69.6 Å². The van der Waals surface area contributed by atoms with Gasteiger partial charge in [0.1, 0.15) is 6.04 Å². The van der Waals surface area contributed by atoms with Gasteiger partial charge in [0.25, 0.3) is 0 Å². The fraction of sp³-hybridized carbons (Fsp3) is 0.857. The van der Waals surface area contributed by atoms with Gasteiger partial charge in [0, 0.05) is 13.1 Å². The van der Waals surface area contributed by atoms with Crippen LogP contribution in [0.2, 0.25) is 0 Å². The molecule has 2 amide bonds. The van der Waals surface area contributed by atoms with E-state index in [0.29, 0.717) is 12.3 Å². The summed E-state index contributed by atoms with van der Waals surface area (Å²) in [4.78, 5) is 24.9. The van der Waals surface area contributed by atoms with Crippen LogP contribution in [0.25, 0.3) is 0 Å². The minimum atomic E-state index is -0.953. The summed E-state index contributed by atoms with van der Waals surface area (Å²) < 4.78 is 0. The molecule has 1 aliphatic rings. The molecule has 1 rings (SSSR count). The van der Waals surface area contributed by atoms with Crippen LogP contribution < -0.4 is 5.32 Å². The molecule has 0 aliphatic carbocycles. The summed E-state index contributed by atoms with van der Waals surface area (Å²) >= 11 is 0. The molecule has 1 atom stereocenters. The first-order valence-corrected chi connectivity index (χ1v) is 7.22. The van der Waals surface area contributed by atoms with Gasteiger partial charge >= 0.3 is 12.0 Å². The average Bonchev–Trinajstić information content (AvgIpc) is 2.37. The van der Waals surface area contributed by atoms with Gasteiger partial charge in [0.2, 0.25) is 0 Å². The van der Waals surface area contributed by atoms with Crippen molar-refractivity contribution in [1.82, 2.24) is 10.2 Å². The van der Waals surface area contributed by atoms with Gasteiger partial charge in [0.05, 0.1) is 0 Å². The SMILES string of the molecule is CCC1CCN(C(=O)N[C@@H](CC(C)C)C(=O)O)CC1. The summed E-state index contributed by atoms with van der Waals surface area (Å²) in [5.41, 5.74) is 0. The van der Waals surface area contributed by atoms with E-state index in [4.69, 9.17) is 5.11 Å². The largest absolute Gasteiger partial charge is 0.480 e. The number of piperidine rings is 1. The van der Waals surface area contributed by atoms with Crippen LogP contribution in [0, 0.1) is 11.8 Å². The second kappa shape index (κ2) is 7.36. The van der Waals surface area contributed by atoms with E-state index in [0.717, 1.165) is 32.4 Å². The van der Waals surface area contributed by atoms with E-state index < -0.39 is 12.0 Å². The number of nitrogens with one attached hydrogen (secondary N) is 1. The number of likely N-dealkylation sites (tertiary alicyclic amines) is 1. The molecule has 0 bridgehead atoms. The smallest absolute Gasteiger partial charge is 0.326 e. The van der Waals surface area contributed by atoms with Crippen molar-refractivity contribution in [3.05, 3.63) is 0 Å². The van der Waals surface area contributed by atoms with Crippen molar-refractivity contribution < 1.29 is 14.7 Å². The Morgan fingerprint density at radius 1 is 1.32 bits per heavy atom. The zero-order valence-electron chi connectivity index (χ0n) is 12.2. The molecule has 1 aliphatic heterocycles. The second-order valence-electron chi connectivity index (χ2n) is 5.81. The summed E-state index contributed by atoms with van der Waals surface area (Å²) in [5.74, 6) is -0.00675. The Balaban J connectivity index is 2.46. The summed E-state index contributed by atoms with van der Waals surface area (Å²) in [6.45, 7) is 7.55. The van der Waals surface area contributed by atoms with Gasteiger partial charge in [0.15, 0.2) is 0 Å². The third-order valence-electron chi connectivity index (χ3n) is 3.78. The fourth-order valence-corrected chi connectivity index (χ4v) is 2.48. The number of carboxylic acid groups (broad SMARTS) is 1. The van der Waals surface area contributed by atoms with E-state index in [9.17, 15) is 9.59 Å². The van der Waals surface area contributed by atoms with Gasteiger partial charge in [-0.3, -0.25) is 0 Å². The van der Waals surface area contributed by atoms with Crippen LogP contribution >= 0.6 is 0 Å². The Hall–Kier alpha value is -1.26. The number of carboxylic acids is 1. The lowest BCUT2D eigenvalue weighted by Crippen LogP contribution is -2.50. The van der Waals surface area contributed by atoms with E-state index in [1.807, 2.05) is 13.8 Å². The highest BCUT2D eigenvalue weighted by Gasteiger charge is 2.26. The van der Waals surface area contributed by atoms with Crippen molar-refractivity contribution in [2.75, 3.05) is 13.1 Å². The van der Waals surface area contributed by atoms with E-state index in [-0.39, 0.29) is 11.9 Å². The number of carbonyl (C=O) groups is 2. The Bertz CT molecular complexity index is 310. The van der Waals surface area contributed by atoms with Crippen LogP contribution in [0.1, 0.15) is 46.5 Å². The molecule has 110 valence electrons. The maximum atomic E-state index is 12.0. The summed E-state index contributed by atoms with van der Waals surface area (Å²) in [7, 11) is 0. The van der Waals surface area contributed by atoms with Gasteiger partial charge in [-0.25, -0.2) is 9.59 Å². The Morgan fingerprint density at radius 3 is 2.32 bits per heavy atom. The molecule has 5 nitrogen and oxygen atoms in total. The third-order valence-corrected chi connectivity index (χ3v) is 3.78. The van der Waals surface area contributed by atoms with Crippen LogP contribution in [-0.4, -0.2) is 41.1 Å². The van der Waals surface area contributed by atoms with Gasteiger partial charge in [-0.15, -0.1) is 0 Å². The molecular formula is C14H26N2O3. The molecule has 1 saturated heterocycles. The molecular weight excluding hydrogens is 244 g/mol. The molecule has 19 heavy (non-hydrogen) atoms. The lowest BCUT2D eigenvalue weighted by molar-refractivity contribution is -0.139. The number of nitrogens with zero attached hydrogens (tertiary/aromatic N) is 1. The average molecular weight is 270 g/mol. The minimum absolute atomic E-state index is 0.234. The lowest BCUT2D eigenvalue weighted by Gasteiger charge is -2.32. The van der Waals surface area contributed by atoms with Crippen molar-refractivity contribution in [2.24, 2.45) is 11.8 Å². The fourth-order valence-electron chi connectivity index (χ4n) is 2.48. The van der Waals surface area contributed by atoms with Gasteiger partial charge < -0.3 is 15.3 Å². The molecule has 1 fully saturated rings. The summed E-state index contributed by atoms with van der Waals surface area (Å²) in [5, 5.41) is 11.8. The quantitative estimate of drug-likeness (QED) is 0.805. The molecule has 0 radical (unpaired) electrons. The van der Waals surface area contributed by atoms with Gasteiger partial charge in [-0.05, 0) is 31.1 Å². The maximum absolute atomic E-state index is 12.0. The molecule has 0 aromatic rings. The number of rotatable bonds is 5. The Labute approximate surface area is 115 Å². The summed E-state index contributed by atoms with van der Waals surface area (Å²) in [6, 6.07) is -1.01. The summed E-state index contributed by atoms with van der Waals surface area (Å²) in [6.07, 6.45) is 3.66. The van der Waals surface area contributed by atoms with Crippen molar-refractivity contribution in [2.45, 2.75) is 52.5 Å². The normalized spacial score (nSPS) is 18.4. The molecule has 2 N–H and O–H groups in total. The predicted octanol–water partition coefficient (Wildman–Crippen LogP) is 2.32. The van der Waals surface area contributed by atoms with Crippen LogP contribution in [0.4, 0.5) is 4.79 Å². The zero-order chi connectivity index (χ0) is 14.4. The highest BCUT2D eigenvalue weighted by molar-refractivity contribution is 5.82. The third kappa shape index (κ3) is 5.09. The molecule has 0 aromatic carbocycles. The number of hydrogen-bond acceptors (Lipinski definition) is 2. The van der Waals surface area contributed by atoms with Crippen molar-refractivity contribution >= 4 is 12.0 Å². The van der Waals surface area contributed by atoms with Crippen LogP contribution in [0.15, 0.2) is 0 Å². The first kappa shape index (κ1) is 15.8. The van der Waals surface area contributed by atoms with E-state index in [2.05, 4.69) is 12.2 Å². The van der Waals surface area contributed by atoms with Gasteiger partial charge in [-0.2, -0.15) is 0 Å². The number of urea groups is 1. The van der Waals surface area contributed by atoms with Crippen molar-refractivity contribution in [1.29, 1.82) is 0 Å². The number of carbonyl (C=O) groups excluding carboxylic acids is 1.